The molecule has 29 heavy (non-hydrogen) atoms. The van der Waals surface area contributed by atoms with E-state index in [0.717, 1.165) is 22.6 Å². The number of benzene rings is 3. The zero-order chi connectivity index (χ0) is 20.8. The molecule has 0 spiro atoms. The molecule has 0 aliphatic rings. The molecule has 0 aliphatic carbocycles. The summed E-state index contributed by atoms with van der Waals surface area (Å²) in [5, 5.41) is 2.99. The monoisotopic (exact) mass is 405 g/mol. The smallest absolute Gasteiger partial charge is 0.265 e. The molecule has 4 heteroatoms. The average Bonchev–Trinajstić information content (AvgIpc) is 2.71. The van der Waals surface area contributed by atoms with Gasteiger partial charge in [0.2, 0.25) is 0 Å². The van der Waals surface area contributed by atoms with Crippen LogP contribution in [0.5, 0.6) is 5.75 Å². The lowest BCUT2D eigenvalue weighted by molar-refractivity contribution is -0.122. The predicted octanol–water partition coefficient (Wildman–Crippen LogP) is 6.31. The third-order valence-corrected chi connectivity index (χ3v) is 5.94. The van der Waals surface area contributed by atoms with Gasteiger partial charge in [-0.15, -0.1) is 11.8 Å². The van der Waals surface area contributed by atoms with Crippen molar-refractivity contribution in [3.05, 3.63) is 89.0 Å². The zero-order valence-electron chi connectivity index (χ0n) is 17.4. The molecule has 150 valence electrons. The Morgan fingerprint density at radius 1 is 0.931 bits per heavy atom. The molecule has 1 atom stereocenters. The van der Waals surface area contributed by atoms with Crippen LogP contribution in [0.1, 0.15) is 29.2 Å². The van der Waals surface area contributed by atoms with E-state index in [9.17, 15) is 4.79 Å². The van der Waals surface area contributed by atoms with Crippen molar-refractivity contribution < 1.29 is 9.53 Å². The molecule has 0 fully saturated rings. The molecule has 0 radical (unpaired) electrons. The number of amides is 1. The van der Waals surface area contributed by atoms with E-state index in [-0.39, 0.29) is 5.91 Å². The highest BCUT2D eigenvalue weighted by Crippen LogP contribution is 2.25. The minimum absolute atomic E-state index is 0.155. The molecule has 0 unspecified atom stereocenters. The van der Waals surface area contributed by atoms with Crippen molar-refractivity contribution in [1.82, 2.24) is 0 Å². The summed E-state index contributed by atoms with van der Waals surface area (Å²) in [6.45, 7) is 7.87. The Labute approximate surface area is 177 Å². The Kier molecular flexibility index (Phi) is 6.99. The highest BCUT2D eigenvalue weighted by Gasteiger charge is 2.16. The van der Waals surface area contributed by atoms with Crippen LogP contribution in [0.2, 0.25) is 0 Å². The first kappa shape index (κ1) is 21.0. The van der Waals surface area contributed by atoms with Crippen molar-refractivity contribution in [1.29, 1.82) is 0 Å². The number of nitrogens with one attached hydrogen (secondary N) is 1. The van der Waals surface area contributed by atoms with Crippen LogP contribution in [0.25, 0.3) is 0 Å². The minimum Gasteiger partial charge on any atom is -0.481 e. The van der Waals surface area contributed by atoms with Crippen LogP contribution in [-0.4, -0.2) is 12.0 Å². The average molecular weight is 406 g/mol. The predicted molar refractivity (Wildman–Crippen MR) is 122 cm³/mol. The largest absolute Gasteiger partial charge is 0.481 e. The van der Waals surface area contributed by atoms with E-state index >= 15 is 0 Å². The molecular formula is C25H27NO2S. The van der Waals surface area contributed by atoms with Crippen LogP contribution in [0, 0.1) is 20.8 Å². The Bertz CT molecular complexity index is 985. The quantitative estimate of drug-likeness (QED) is 0.468. The van der Waals surface area contributed by atoms with Crippen LogP contribution in [0.3, 0.4) is 0 Å². The number of thioether (sulfide) groups is 1. The lowest BCUT2D eigenvalue weighted by atomic mass is 10.1. The van der Waals surface area contributed by atoms with Crippen LogP contribution < -0.4 is 10.1 Å². The van der Waals surface area contributed by atoms with E-state index in [1.807, 2.05) is 56.3 Å². The summed E-state index contributed by atoms with van der Waals surface area (Å²) in [4.78, 5) is 13.8. The van der Waals surface area contributed by atoms with E-state index in [1.165, 1.54) is 16.0 Å². The van der Waals surface area contributed by atoms with Gasteiger partial charge in [0.05, 0.1) is 0 Å². The SMILES string of the molecule is Cc1ccc(O[C@@H](C)C(=O)Nc2ccc(CSc3ccccc3)cc2C)cc1C. The number of carbonyl (C=O) groups excluding carboxylic acids is 1. The third kappa shape index (κ3) is 5.88. The van der Waals surface area contributed by atoms with Gasteiger partial charge in [-0.25, -0.2) is 0 Å². The van der Waals surface area contributed by atoms with E-state index in [1.54, 1.807) is 18.7 Å². The Morgan fingerprint density at radius 3 is 2.38 bits per heavy atom. The molecule has 3 aromatic rings. The van der Waals surface area contributed by atoms with E-state index in [4.69, 9.17) is 4.74 Å². The lowest BCUT2D eigenvalue weighted by Crippen LogP contribution is -2.30. The number of hydrogen-bond donors (Lipinski definition) is 1. The van der Waals surface area contributed by atoms with Gasteiger partial charge in [0.15, 0.2) is 6.10 Å². The summed E-state index contributed by atoms with van der Waals surface area (Å²) in [6.07, 6.45) is -0.579. The maximum absolute atomic E-state index is 12.6. The number of ether oxygens (including phenoxy) is 1. The normalized spacial score (nSPS) is 11.7. The molecule has 0 heterocycles. The van der Waals surface area contributed by atoms with Gasteiger partial charge in [-0.3, -0.25) is 4.79 Å². The highest BCUT2D eigenvalue weighted by atomic mass is 32.2. The number of aryl methyl sites for hydroxylation is 3. The van der Waals surface area contributed by atoms with Gasteiger partial charge < -0.3 is 10.1 Å². The Hall–Kier alpha value is -2.72. The van der Waals surface area contributed by atoms with Crippen LogP contribution in [0.15, 0.2) is 71.6 Å². The van der Waals surface area contributed by atoms with Crippen molar-refractivity contribution in [2.24, 2.45) is 0 Å². The Morgan fingerprint density at radius 2 is 1.69 bits per heavy atom. The summed E-state index contributed by atoms with van der Waals surface area (Å²) < 4.78 is 5.82. The van der Waals surface area contributed by atoms with Gasteiger partial charge in [0, 0.05) is 16.3 Å². The van der Waals surface area contributed by atoms with E-state index in [0.29, 0.717) is 5.75 Å². The molecule has 0 saturated carbocycles. The second-order valence-corrected chi connectivity index (χ2v) is 8.30. The first-order chi connectivity index (χ1) is 13.9. The van der Waals surface area contributed by atoms with Gasteiger partial charge in [0.25, 0.3) is 5.91 Å². The second-order valence-electron chi connectivity index (χ2n) is 7.25. The molecule has 3 rings (SSSR count). The summed E-state index contributed by atoms with van der Waals surface area (Å²) in [5.41, 5.74) is 5.45. The molecule has 1 amide bonds. The molecule has 3 nitrogen and oxygen atoms in total. The van der Waals surface area contributed by atoms with Crippen molar-refractivity contribution in [3.63, 3.8) is 0 Å². The number of anilines is 1. The zero-order valence-corrected chi connectivity index (χ0v) is 18.2. The van der Waals surface area contributed by atoms with Crippen molar-refractivity contribution >= 4 is 23.4 Å². The molecule has 0 bridgehead atoms. The van der Waals surface area contributed by atoms with Crippen LogP contribution in [0.4, 0.5) is 5.69 Å². The van der Waals surface area contributed by atoms with Gasteiger partial charge in [0.1, 0.15) is 5.75 Å². The summed E-state index contributed by atoms with van der Waals surface area (Å²) in [7, 11) is 0. The van der Waals surface area contributed by atoms with Crippen molar-refractivity contribution in [2.45, 2.75) is 44.4 Å². The maximum Gasteiger partial charge on any atom is 0.265 e. The van der Waals surface area contributed by atoms with Crippen LogP contribution >= 0.6 is 11.8 Å². The summed E-state index contributed by atoms with van der Waals surface area (Å²) in [6, 6.07) is 22.4. The number of hydrogen-bond acceptors (Lipinski definition) is 3. The first-order valence-electron chi connectivity index (χ1n) is 9.74. The fraction of sp³-hybridized carbons (Fsp3) is 0.240. The first-order valence-corrected chi connectivity index (χ1v) is 10.7. The second kappa shape index (κ2) is 9.66. The van der Waals surface area contributed by atoms with E-state index in [2.05, 4.69) is 36.5 Å². The highest BCUT2D eigenvalue weighted by molar-refractivity contribution is 7.98. The maximum atomic E-state index is 12.6. The minimum atomic E-state index is -0.579. The van der Waals surface area contributed by atoms with Crippen LogP contribution in [-0.2, 0) is 10.5 Å². The molecule has 3 aromatic carbocycles. The lowest BCUT2D eigenvalue weighted by Gasteiger charge is -2.17. The Balaban J connectivity index is 1.58. The fourth-order valence-corrected chi connectivity index (χ4v) is 3.78. The molecule has 0 saturated heterocycles. The molecule has 0 aromatic heterocycles. The summed E-state index contributed by atoms with van der Waals surface area (Å²) >= 11 is 1.80. The molecular weight excluding hydrogens is 378 g/mol. The molecule has 0 aliphatic heterocycles. The fourth-order valence-electron chi connectivity index (χ4n) is 2.92. The van der Waals surface area contributed by atoms with Crippen molar-refractivity contribution in [3.8, 4) is 5.75 Å². The van der Waals surface area contributed by atoms with Gasteiger partial charge >= 0.3 is 0 Å². The van der Waals surface area contributed by atoms with Gasteiger partial charge in [-0.05, 0) is 80.3 Å². The topological polar surface area (TPSA) is 38.3 Å². The number of carbonyl (C=O) groups is 1. The summed E-state index contributed by atoms with van der Waals surface area (Å²) in [5.74, 6) is 1.45. The number of rotatable bonds is 7. The van der Waals surface area contributed by atoms with Gasteiger partial charge in [-0.2, -0.15) is 0 Å². The molecule has 1 N–H and O–H groups in total. The van der Waals surface area contributed by atoms with Gasteiger partial charge in [-0.1, -0.05) is 36.4 Å². The van der Waals surface area contributed by atoms with Crippen molar-refractivity contribution in [2.75, 3.05) is 5.32 Å². The third-order valence-electron chi connectivity index (χ3n) is 4.86. The van der Waals surface area contributed by atoms with E-state index < -0.39 is 6.10 Å². The standard InChI is InChI=1S/C25H27NO2S/c1-17-10-12-22(15-18(17)2)28-20(4)25(27)26-24-13-11-21(14-19(24)3)16-29-23-8-6-5-7-9-23/h5-15,20H,16H2,1-4H3,(H,26,27)/t20-/m0/s1.